The first-order chi connectivity index (χ1) is 10.1. The molecule has 0 aliphatic rings. The maximum Gasteiger partial charge on any atom is 0.252 e. The number of ether oxygens (including phenoxy) is 1. The van der Waals surface area contributed by atoms with E-state index < -0.39 is 0 Å². The molecule has 0 aliphatic carbocycles. The van der Waals surface area contributed by atoms with Gasteiger partial charge in [-0.1, -0.05) is 11.6 Å². The Bertz CT molecular complexity index is 634. The van der Waals surface area contributed by atoms with Crippen molar-refractivity contribution in [3.8, 4) is 5.75 Å². The minimum atomic E-state index is -0.139. The van der Waals surface area contributed by atoms with Crippen molar-refractivity contribution in [3.63, 3.8) is 0 Å². The second-order valence-corrected chi connectivity index (χ2v) is 5.07. The summed E-state index contributed by atoms with van der Waals surface area (Å²) < 4.78 is 5.34. The van der Waals surface area contributed by atoms with Gasteiger partial charge in [0.1, 0.15) is 5.75 Å². The number of aryl methyl sites for hydroxylation is 1. The number of pyridine rings is 1. The summed E-state index contributed by atoms with van der Waals surface area (Å²) in [4.78, 5) is 15.8. The molecule has 2 rings (SSSR count). The SMILES string of the molecule is COc1cc(C)c(Cl)cc1CCNC(=O)c1cccnc1.Cl. The van der Waals surface area contributed by atoms with Gasteiger partial charge in [-0.25, -0.2) is 0 Å². The van der Waals surface area contributed by atoms with Crippen molar-refractivity contribution in [2.24, 2.45) is 0 Å². The van der Waals surface area contributed by atoms with Gasteiger partial charge in [-0.2, -0.15) is 0 Å². The van der Waals surface area contributed by atoms with E-state index in [1.807, 2.05) is 19.1 Å². The first kappa shape index (κ1) is 18.3. The van der Waals surface area contributed by atoms with Gasteiger partial charge in [0.2, 0.25) is 0 Å². The third-order valence-electron chi connectivity index (χ3n) is 3.17. The highest BCUT2D eigenvalue weighted by atomic mass is 35.5. The summed E-state index contributed by atoms with van der Waals surface area (Å²) in [5.74, 6) is 0.646. The molecular weight excluding hydrogens is 323 g/mol. The van der Waals surface area contributed by atoms with E-state index in [-0.39, 0.29) is 18.3 Å². The number of carbonyl (C=O) groups excluding carboxylic acids is 1. The van der Waals surface area contributed by atoms with Crippen LogP contribution in [0.5, 0.6) is 5.75 Å². The van der Waals surface area contributed by atoms with Gasteiger partial charge >= 0.3 is 0 Å². The topological polar surface area (TPSA) is 51.2 Å². The fourth-order valence-corrected chi connectivity index (χ4v) is 2.18. The third kappa shape index (κ3) is 4.61. The number of benzene rings is 1. The van der Waals surface area contributed by atoms with Crippen LogP contribution >= 0.6 is 24.0 Å². The lowest BCUT2D eigenvalue weighted by molar-refractivity contribution is 0.0953. The monoisotopic (exact) mass is 340 g/mol. The van der Waals surface area contributed by atoms with Crippen LogP contribution in [0.15, 0.2) is 36.7 Å². The fraction of sp³-hybridized carbons (Fsp3) is 0.250. The molecule has 2 aromatic rings. The summed E-state index contributed by atoms with van der Waals surface area (Å²) in [6, 6.07) is 7.25. The van der Waals surface area contributed by atoms with Crippen LogP contribution in [-0.4, -0.2) is 24.5 Å². The number of hydrogen-bond acceptors (Lipinski definition) is 3. The smallest absolute Gasteiger partial charge is 0.252 e. The van der Waals surface area contributed by atoms with Crippen LogP contribution in [0.25, 0.3) is 0 Å². The predicted octanol–water partition coefficient (Wildman–Crippen LogP) is 3.45. The van der Waals surface area contributed by atoms with E-state index in [9.17, 15) is 4.79 Å². The molecule has 4 nitrogen and oxygen atoms in total. The van der Waals surface area contributed by atoms with Crippen molar-refractivity contribution in [1.82, 2.24) is 10.3 Å². The Morgan fingerprint density at radius 2 is 2.18 bits per heavy atom. The molecule has 0 radical (unpaired) electrons. The molecule has 1 aromatic heterocycles. The van der Waals surface area contributed by atoms with Crippen LogP contribution in [0.2, 0.25) is 5.02 Å². The number of carbonyl (C=O) groups is 1. The van der Waals surface area contributed by atoms with Crippen molar-refractivity contribution in [2.75, 3.05) is 13.7 Å². The van der Waals surface area contributed by atoms with Crippen LogP contribution in [0.4, 0.5) is 0 Å². The van der Waals surface area contributed by atoms with Crippen LogP contribution in [0.1, 0.15) is 21.5 Å². The van der Waals surface area contributed by atoms with E-state index in [1.54, 1.807) is 31.6 Å². The van der Waals surface area contributed by atoms with Crippen molar-refractivity contribution in [3.05, 3.63) is 58.4 Å². The summed E-state index contributed by atoms with van der Waals surface area (Å²) in [6.45, 7) is 2.43. The number of hydrogen-bond donors (Lipinski definition) is 1. The number of nitrogens with zero attached hydrogens (tertiary/aromatic N) is 1. The molecule has 0 unspecified atom stereocenters. The molecule has 1 N–H and O–H groups in total. The van der Waals surface area contributed by atoms with Gasteiger partial charge in [0.15, 0.2) is 0 Å². The Hall–Kier alpha value is -1.78. The van der Waals surface area contributed by atoms with Crippen LogP contribution < -0.4 is 10.1 Å². The summed E-state index contributed by atoms with van der Waals surface area (Å²) in [5.41, 5.74) is 2.49. The zero-order chi connectivity index (χ0) is 15.2. The Kier molecular flexibility index (Phi) is 7.15. The molecule has 0 fully saturated rings. The average Bonchev–Trinajstić information content (AvgIpc) is 2.51. The minimum absolute atomic E-state index is 0. The van der Waals surface area contributed by atoms with Gasteiger partial charge in [0.05, 0.1) is 12.7 Å². The summed E-state index contributed by atoms with van der Waals surface area (Å²) in [5, 5.41) is 3.55. The van der Waals surface area contributed by atoms with Gasteiger partial charge in [-0.05, 0) is 48.7 Å². The van der Waals surface area contributed by atoms with Gasteiger partial charge in [0.25, 0.3) is 5.91 Å². The summed E-state index contributed by atoms with van der Waals surface area (Å²) in [7, 11) is 1.63. The number of amides is 1. The first-order valence-corrected chi connectivity index (χ1v) is 7.01. The van der Waals surface area contributed by atoms with Crippen molar-refractivity contribution >= 4 is 29.9 Å². The third-order valence-corrected chi connectivity index (χ3v) is 3.57. The molecule has 0 bridgehead atoms. The molecule has 0 spiro atoms. The van der Waals surface area contributed by atoms with Crippen molar-refractivity contribution < 1.29 is 9.53 Å². The van der Waals surface area contributed by atoms with Gasteiger partial charge in [-0.3, -0.25) is 9.78 Å². The Morgan fingerprint density at radius 3 is 2.82 bits per heavy atom. The molecule has 0 aliphatic heterocycles. The van der Waals surface area contributed by atoms with E-state index in [1.165, 1.54) is 0 Å². The van der Waals surface area contributed by atoms with E-state index >= 15 is 0 Å². The van der Waals surface area contributed by atoms with E-state index in [2.05, 4.69) is 10.3 Å². The molecular formula is C16H18Cl2N2O2. The standard InChI is InChI=1S/C16H17ClN2O2.ClH/c1-11-8-15(21-2)12(9-14(11)17)5-7-19-16(20)13-4-3-6-18-10-13;/h3-4,6,8-10H,5,7H2,1-2H3,(H,19,20);1H. The van der Waals surface area contributed by atoms with E-state index in [4.69, 9.17) is 16.3 Å². The highest BCUT2D eigenvalue weighted by Gasteiger charge is 2.08. The number of nitrogens with one attached hydrogen (secondary N) is 1. The van der Waals surface area contributed by atoms with Crippen LogP contribution in [-0.2, 0) is 6.42 Å². The van der Waals surface area contributed by atoms with Gasteiger partial charge in [0, 0.05) is 24.0 Å². The quantitative estimate of drug-likeness (QED) is 0.906. The zero-order valence-corrected chi connectivity index (χ0v) is 14.0. The van der Waals surface area contributed by atoms with Crippen molar-refractivity contribution in [2.45, 2.75) is 13.3 Å². The molecule has 0 saturated heterocycles. The van der Waals surface area contributed by atoms with Crippen LogP contribution in [0.3, 0.4) is 0 Å². The molecule has 22 heavy (non-hydrogen) atoms. The fourth-order valence-electron chi connectivity index (χ4n) is 1.99. The number of rotatable bonds is 5. The van der Waals surface area contributed by atoms with Crippen molar-refractivity contribution in [1.29, 1.82) is 0 Å². The number of halogens is 2. The number of aromatic nitrogens is 1. The largest absolute Gasteiger partial charge is 0.496 e. The van der Waals surface area contributed by atoms with Gasteiger partial charge < -0.3 is 10.1 Å². The average molecular weight is 341 g/mol. The second kappa shape index (κ2) is 8.61. The second-order valence-electron chi connectivity index (χ2n) is 4.66. The van der Waals surface area contributed by atoms with E-state index in [0.29, 0.717) is 23.6 Å². The molecule has 6 heteroatoms. The molecule has 1 amide bonds. The number of methoxy groups -OCH3 is 1. The normalized spacial score (nSPS) is 9.77. The molecule has 1 aromatic carbocycles. The molecule has 0 atom stereocenters. The molecule has 1 heterocycles. The van der Waals surface area contributed by atoms with Gasteiger partial charge in [-0.15, -0.1) is 12.4 Å². The lowest BCUT2D eigenvalue weighted by atomic mass is 10.1. The highest BCUT2D eigenvalue weighted by Crippen LogP contribution is 2.26. The maximum atomic E-state index is 11.9. The lowest BCUT2D eigenvalue weighted by Crippen LogP contribution is -2.25. The first-order valence-electron chi connectivity index (χ1n) is 6.63. The zero-order valence-electron chi connectivity index (χ0n) is 12.4. The van der Waals surface area contributed by atoms with Crippen LogP contribution in [0, 0.1) is 6.92 Å². The minimum Gasteiger partial charge on any atom is -0.496 e. The Labute approximate surface area is 141 Å². The Morgan fingerprint density at radius 1 is 1.41 bits per heavy atom. The Balaban J connectivity index is 0.00000242. The molecule has 118 valence electrons. The van der Waals surface area contributed by atoms with E-state index in [0.717, 1.165) is 16.9 Å². The maximum absolute atomic E-state index is 11.9. The predicted molar refractivity (Wildman–Crippen MR) is 90.3 cm³/mol. The highest BCUT2D eigenvalue weighted by molar-refractivity contribution is 6.31. The summed E-state index contributed by atoms with van der Waals surface area (Å²) in [6.07, 6.45) is 3.82. The lowest BCUT2D eigenvalue weighted by Gasteiger charge is -2.11. The summed E-state index contributed by atoms with van der Waals surface area (Å²) >= 11 is 6.13. The molecule has 0 saturated carbocycles.